The van der Waals surface area contributed by atoms with Crippen molar-refractivity contribution < 1.29 is 14.4 Å². The van der Waals surface area contributed by atoms with E-state index in [-0.39, 0.29) is 22.9 Å². The van der Waals surface area contributed by atoms with Gasteiger partial charge in [0.1, 0.15) is 0 Å². The first-order valence-electron chi connectivity index (χ1n) is 7.59. The maximum Gasteiger partial charge on any atom is 0.290 e. The van der Waals surface area contributed by atoms with Gasteiger partial charge in [-0.3, -0.25) is 19.7 Å². The molecule has 0 unspecified atom stereocenters. The van der Waals surface area contributed by atoms with Gasteiger partial charge in [-0.2, -0.15) is 0 Å². The second-order valence-corrected chi connectivity index (χ2v) is 7.45. The number of anilines is 1. The molecule has 8 heteroatoms. The first-order chi connectivity index (χ1) is 12.5. The van der Waals surface area contributed by atoms with E-state index >= 15 is 0 Å². The Morgan fingerprint density at radius 2 is 1.65 bits per heavy atom. The molecule has 2 heterocycles. The van der Waals surface area contributed by atoms with Crippen LogP contribution in [0, 0.1) is 0 Å². The van der Waals surface area contributed by atoms with E-state index in [9.17, 15) is 14.4 Å². The quantitative estimate of drug-likeness (QED) is 0.760. The molecule has 1 N–H and O–H groups in total. The van der Waals surface area contributed by atoms with Gasteiger partial charge in [0.2, 0.25) is 0 Å². The maximum atomic E-state index is 13.1. The van der Waals surface area contributed by atoms with E-state index in [2.05, 4.69) is 5.32 Å². The summed E-state index contributed by atoms with van der Waals surface area (Å²) in [5.74, 6) is -0.926. The zero-order valence-corrected chi connectivity index (χ0v) is 15.4. The molecule has 2 aromatic rings. The summed E-state index contributed by atoms with van der Waals surface area (Å²) >= 11 is 13.2. The Morgan fingerprint density at radius 1 is 0.962 bits per heavy atom. The van der Waals surface area contributed by atoms with Crippen molar-refractivity contribution in [1.82, 2.24) is 5.32 Å². The lowest BCUT2D eigenvalue weighted by Gasteiger charge is -2.19. The van der Waals surface area contributed by atoms with Crippen LogP contribution in [0.4, 0.5) is 10.5 Å². The van der Waals surface area contributed by atoms with Crippen molar-refractivity contribution in [2.75, 3.05) is 4.90 Å². The van der Waals surface area contributed by atoms with E-state index in [0.717, 1.165) is 11.8 Å². The standard InChI is InChI=1S/C18H10Cl2N2O3S/c19-11-5-3-6-12(20)10(11)8-22-13-7-2-1-4-9(13)14(17(22)24)15-16(23)21-18(25)26-15/h1-7H,8H2,(H,21,23,25). The first-order valence-corrected chi connectivity index (χ1v) is 9.16. The van der Waals surface area contributed by atoms with Crippen molar-refractivity contribution in [2.24, 2.45) is 0 Å². The smallest absolute Gasteiger partial charge is 0.290 e. The van der Waals surface area contributed by atoms with Crippen molar-refractivity contribution in [3.8, 4) is 0 Å². The van der Waals surface area contributed by atoms with Gasteiger partial charge in [0.05, 0.1) is 22.7 Å². The minimum absolute atomic E-state index is 0.111. The summed E-state index contributed by atoms with van der Waals surface area (Å²) in [5, 5.41) is 2.60. The second kappa shape index (κ2) is 6.46. The van der Waals surface area contributed by atoms with Crippen molar-refractivity contribution in [2.45, 2.75) is 6.54 Å². The van der Waals surface area contributed by atoms with Crippen molar-refractivity contribution in [3.05, 3.63) is 68.5 Å². The zero-order valence-electron chi connectivity index (χ0n) is 13.1. The number of para-hydroxylation sites is 1. The lowest BCUT2D eigenvalue weighted by molar-refractivity contribution is -0.116. The first kappa shape index (κ1) is 17.1. The Morgan fingerprint density at radius 3 is 2.31 bits per heavy atom. The number of carbonyl (C=O) groups excluding carboxylic acids is 3. The summed E-state index contributed by atoms with van der Waals surface area (Å²) in [7, 11) is 0. The molecule has 0 aromatic heterocycles. The largest absolute Gasteiger partial charge is 0.303 e. The molecule has 3 amide bonds. The number of benzene rings is 2. The lowest BCUT2D eigenvalue weighted by atomic mass is 10.1. The summed E-state index contributed by atoms with van der Waals surface area (Å²) in [6.07, 6.45) is 0. The van der Waals surface area contributed by atoms with Crippen LogP contribution < -0.4 is 10.2 Å². The van der Waals surface area contributed by atoms with E-state index in [0.29, 0.717) is 26.9 Å². The number of thioether (sulfide) groups is 1. The van der Waals surface area contributed by atoms with E-state index in [1.165, 1.54) is 4.90 Å². The molecule has 0 spiro atoms. The normalized spacial score (nSPS) is 19.2. The average Bonchev–Trinajstić information content (AvgIpc) is 3.07. The van der Waals surface area contributed by atoms with Crippen LogP contribution in [0.5, 0.6) is 0 Å². The molecule has 0 radical (unpaired) electrons. The number of amides is 3. The van der Waals surface area contributed by atoms with Crippen LogP contribution in [0.1, 0.15) is 11.1 Å². The van der Waals surface area contributed by atoms with Crippen LogP contribution in [0.25, 0.3) is 5.57 Å². The van der Waals surface area contributed by atoms with Crippen LogP contribution in [-0.2, 0) is 16.1 Å². The number of imide groups is 1. The highest BCUT2D eigenvalue weighted by molar-refractivity contribution is 8.18. The topological polar surface area (TPSA) is 66.5 Å². The number of hydrogen-bond acceptors (Lipinski definition) is 4. The van der Waals surface area contributed by atoms with Crippen molar-refractivity contribution in [3.63, 3.8) is 0 Å². The molecule has 1 fully saturated rings. The fraction of sp³-hybridized carbons (Fsp3) is 0.0556. The Labute approximate surface area is 163 Å². The van der Waals surface area contributed by atoms with E-state index in [4.69, 9.17) is 23.2 Å². The van der Waals surface area contributed by atoms with Gasteiger partial charge in [0, 0.05) is 21.2 Å². The highest BCUT2D eigenvalue weighted by Crippen LogP contribution is 2.43. The molecule has 5 nitrogen and oxygen atoms in total. The van der Waals surface area contributed by atoms with Crippen LogP contribution in [0.15, 0.2) is 47.4 Å². The van der Waals surface area contributed by atoms with Crippen molar-refractivity contribution in [1.29, 1.82) is 0 Å². The molecule has 130 valence electrons. The van der Waals surface area contributed by atoms with E-state index < -0.39 is 11.1 Å². The molecular weight excluding hydrogens is 395 g/mol. The van der Waals surface area contributed by atoms with Gasteiger partial charge < -0.3 is 4.90 Å². The van der Waals surface area contributed by atoms with Crippen LogP contribution >= 0.6 is 35.0 Å². The SMILES string of the molecule is O=C1NC(=O)C(=C2C(=O)N(Cc3c(Cl)cccc3Cl)c3ccccc32)S1. The van der Waals surface area contributed by atoms with Gasteiger partial charge in [0.25, 0.3) is 17.1 Å². The van der Waals surface area contributed by atoms with E-state index in [1.54, 1.807) is 42.5 Å². The fourth-order valence-electron chi connectivity index (χ4n) is 2.98. The zero-order chi connectivity index (χ0) is 18.4. The molecule has 2 aliphatic heterocycles. The maximum absolute atomic E-state index is 13.1. The molecule has 4 rings (SSSR count). The average molecular weight is 405 g/mol. The number of nitrogens with zero attached hydrogens (tertiary/aromatic N) is 1. The molecule has 26 heavy (non-hydrogen) atoms. The highest BCUT2D eigenvalue weighted by Gasteiger charge is 2.40. The van der Waals surface area contributed by atoms with Crippen LogP contribution in [-0.4, -0.2) is 17.1 Å². The molecular formula is C18H10Cl2N2O3S. The second-order valence-electron chi connectivity index (χ2n) is 5.66. The summed E-state index contributed by atoms with van der Waals surface area (Å²) in [6, 6.07) is 12.2. The molecule has 1 saturated heterocycles. The fourth-order valence-corrected chi connectivity index (χ4v) is 4.27. The van der Waals surface area contributed by atoms with Gasteiger partial charge in [-0.15, -0.1) is 0 Å². The third-order valence-electron chi connectivity index (χ3n) is 4.14. The van der Waals surface area contributed by atoms with Crippen LogP contribution in [0.2, 0.25) is 10.0 Å². The molecule has 2 aliphatic rings. The van der Waals surface area contributed by atoms with Gasteiger partial charge in [-0.1, -0.05) is 47.5 Å². The molecule has 2 aromatic carbocycles. The van der Waals surface area contributed by atoms with Gasteiger partial charge >= 0.3 is 0 Å². The number of hydrogen-bond donors (Lipinski definition) is 1. The Kier molecular flexibility index (Phi) is 4.26. The third-order valence-corrected chi connectivity index (χ3v) is 5.73. The minimum Gasteiger partial charge on any atom is -0.303 e. The molecule has 0 atom stereocenters. The Hall–Kier alpha value is -2.28. The van der Waals surface area contributed by atoms with Crippen LogP contribution in [0.3, 0.4) is 0 Å². The van der Waals surface area contributed by atoms with Gasteiger partial charge in [0.15, 0.2) is 0 Å². The monoisotopic (exact) mass is 404 g/mol. The van der Waals surface area contributed by atoms with Gasteiger partial charge in [-0.25, -0.2) is 0 Å². The third kappa shape index (κ3) is 2.70. The molecule has 0 bridgehead atoms. The minimum atomic E-state index is -0.559. The Bertz CT molecular complexity index is 999. The number of halogens is 2. The summed E-state index contributed by atoms with van der Waals surface area (Å²) < 4.78 is 0. The highest BCUT2D eigenvalue weighted by atomic mass is 35.5. The number of nitrogens with one attached hydrogen (secondary N) is 1. The summed E-state index contributed by atoms with van der Waals surface area (Å²) in [6.45, 7) is 0.158. The molecule has 0 saturated carbocycles. The predicted octanol–water partition coefficient (Wildman–Crippen LogP) is 4.23. The predicted molar refractivity (Wildman–Crippen MR) is 102 cm³/mol. The Balaban J connectivity index is 1.84. The van der Waals surface area contributed by atoms with Gasteiger partial charge in [-0.05, 0) is 30.0 Å². The summed E-state index contributed by atoms with van der Waals surface area (Å²) in [4.78, 5) is 38.3. The number of carbonyl (C=O) groups is 3. The van der Waals surface area contributed by atoms with E-state index in [1.807, 2.05) is 0 Å². The molecule has 0 aliphatic carbocycles. The summed E-state index contributed by atoms with van der Waals surface area (Å²) in [5.41, 5.74) is 2.08. The number of rotatable bonds is 2. The number of fused-ring (bicyclic) bond motifs is 1. The van der Waals surface area contributed by atoms with Crippen molar-refractivity contribution >= 4 is 63.3 Å². The lowest BCUT2D eigenvalue weighted by Crippen LogP contribution is -2.27.